The maximum absolute atomic E-state index is 12.9. The van der Waals surface area contributed by atoms with Crippen molar-refractivity contribution >= 4 is 27.3 Å². The highest BCUT2D eigenvalue weighted by Crippen LogP contribution is 2.31. The molecule has 1 atom stereocenters. The van der Waals surface area contributed by atoms with Crippen LogP contribution in [0.25, 0.3) is 10.1 Å². The molecule has 112 valence electrons. The van der Waals surface area contributed by atoms with E-state index in [1.165, 1.54) is 0 Å². The molecule has 1 N–H and O–H groups in total. The minimum Gasteiger partial charge on any atom is -0.393 e. The van der Waals surface area contributed by atoms with Crippen LogP contribution in [0.3, 0.4) is 0 Å². The third-order valence-corrected chi connectivity index (χ3v) is 5.10. The topological polar surface area (TPSA) is 40.5 Å². The number of thiophene rings is 1. The van der Waals surface area contributed by atoms with E-state index in [2.05, 4.69) is 13.8 Å². The molecule has 1 amide bonds. The monoisotopic (exact) mass is 303 g/mol. The van der Waals surface area contributed by atoms with Crippen molar-refractivity contribution in [3.63, 3.8) is 0 Å². The second-order valence-electron chi connectivity index (χ2n) is 6.68. The van der Waals surface area contributed by atoms with E-state index in [9.17, 15) is 9.90 Å². The first-order valence-electron chi connectivity index (χ1n) is 7.40. The molecule has 21 heavy (non-hydrogen) atoms. The number of hydrogen-bond donors (Lipinski definition) is 1. The number of nitrogens with zero attached hydrogens (tertiary/aromatic N) is 1. The number of likely N-dealkylation sites (tertiary alicyclic amines) is 1. The van der Waals surface area contributed by atoms with E-state index in [4.69, 9.17) is 0 Å². The van der Waals surface area contributed by atoms with E-state index in [0.29, 0.717) is 19.5 Å². The zero-order valence-corrected chi connectivity index (χ0v) is 13.3. The molecule has 1 saturated heterocycles. The highest BCUT2D eigenvalue weighted by molar-refractivity contribution is 7.17. The summed E-state index contributed by atoms with van der Waals surface area (Å²) in [5, 5.41) is 13.0. The summed E-state index contributed by atoms with van der Waals surface area (Å²) in [7, 11) is 0. The van der Waals surface area contributed by atoms with Gasteiger partial charge in [0.05, 0.1) is 11.7 Å². The van der Waals surface area contributed by atoms with Crippen molar-refractivity contribution in [1.82, 2.24) is 4.90 Å². The maximum Gasteiger partial charge on any atom is 0.255 e. The van der Waals surface area contributed by atoms with Crippen molar-refractivity contribution < 1.29 is 9.90 Å². The lowest BCUT2D eigenvalue weighted by Gasteiger charge is -2.29. The molecule has 0 saturated carbocycles. The fraction of sp³-hybridized carbons (Fsp3) is 0.471. The normalized spacial score (nSPS) is 22.2. The van der Waals surface area contributed by atoms with Gasteiger partial charge in [0.25, 0.3) is 5.91 Å². The van der Waals surface area contributed by atoms with E-state index in [-0.39, 0.29) is 17.4 Å². The van der Waals surface area contributed by atoms with E-state index in [0.717, 1.165) is 22.1 Å². The molecule has 0 aliphatic carbocycles. The third kappa shape index (κ3) is 2.97. The second kappa shape index (κ2) is 5.43. The van der Waals surface area contributed by atoms with Crippen LogP contribution in [-0.4, -0.2) is 35.1 Å². The van der Waals surface area contributed by atoms with Crippen LogP contribution < -0.4 is 0 Å². The SMILES string of the molecule is CC1(C)C[C@@H](O)CCN(C(=O)c2csc3ccccc23)C1. The minimum atomic E-state index is -0.308. The Morgan fingerprint density at radius 3 is 2.95 bits per heavy atom. The van der Waals surface area contributed by atoms with Crippen LogP contribution >= 0.6 is 11.3 Å². The Bertz CT molecular complexity index is 662. The van der Waals surface area contributed by atoms with E-state index < -0.39 is 0 Å². The summed E-state index contributed by atoms with van der Waals surface area (Å²) >= 11 is 1.62. The van der Waals surface area contributed by atoms with Crippen LogP contribution in [0.15, 0.2) is 29.6 Å². The maximum atomic E-state index is 12.9. The standard InChI is InChI=1S/C17H21NO2S/c1-17(2)9-12(19)7-8-18(11-17)16(20)14-10-21-15-6-4-3-5-13(14)15/h3-6,10,12,19H,7-9,11H2,1-2H3/t12-/m0/s1. The smallest absolute Gasteiger partial charge is 0.255 e. The molecule has 0 radical (unpaired) electrons. The molecule has 0 unspecified atom stereocenters. The molecular weight excluding hydrogens is 282 g/mol. The Hall–Kier alpha value is -1.39. The molecule has 4 heteroatoms. The van der Waals surface area contributed by atoms with Crippen LogP contribution in [0.2, 0.25) is 0 Å². The Balaban J connectivity index is 1.90. The van der Waals surface area contributed by atoms with Gasteiger partial charge in [-0.15, -0.1) is 11.3 Å². The van der Waals surface area contributed by atoms with E-state index in [1.807, 2.05) is 34.5 Å². The van der Waals surface area contributed by atoms with Crippen molar-refractivity contribution in [3.8, 4) is 0 Å². The quantitative estimate of drug-likeness (QED) is 0.875. The number of carbonyl (C=O) groups is 1. The number of aliphatic hydroxyl groups is 1. The summed E-state index contributed by atoms with van der Waals surface area (Å²) in [6.45, 7) is 5.57. The van der Waals surface area contributed by atoms with Crippen molar-refractivity contribution in [2.75, 3.05) is 13.1 Å². The van der Waals surface area contributed by atoms with Crippen LogP contribution in [0.4, 0.5) is 0 Å². The zero-order valence-electron chi connectivity index (χ0n) is 12.5. The molecule has 3 rings (SSSR count). The van der Waals surface area contributed by atoms with Crippen molar-refractivity contribution in [3.05, 3.63) is 35.2 Å². The number of benzene rings is 1. The molecule has 1 fully saturated rings. The zero-order chi connectivity index (χ0) is 15.0. The van der Waals surface area contributed by atoms with Gasteiger partial charge in [-0.2, -0.15) is 0 Å². The predicted octanol–water partition coefficient (Wildman–Crippen LogP) is 3.52. The number of carbonyl (C=O) groups excluding carboxylic acids is 1. The number of amides is 1. The highest BCUT2D eigenvalue weighted by Gasteiger charge is 2.32. The fourth-order valence-corrected chi connectivity index (χ4v) is 4.13. The number of rotatable bonds is 1. The van der Waals surface area contributed by atoms with Gasteiger partial charge in [-0.05, 0) is 24.3 Å². The third-order valence-electron chi connectivity index (χ3n) is 4.14. The van der Waals surface area contributed by atoms with Crippen LogP contribution in [0.5, 0.6) is 0 Å². The first-order chi connectivity index (χ1) is 9.96. The average Bonchev–Trinajstić information content (AvgIpc) is 2.79. The van der Waals surface area contributed by atoms with Crippen molar-refractivity contribution in [1.29, 1.82) is 0 Å². The summed E-state index contributed by atoms with van der Waals surface area (Å²) < 4.78 is 1.15. The van der Waals surface area contributed by atoms with Crippen LogP contribution in [0, 0.1) is 5.41 Å². The lowest BCUT2D eigenvalue weighted by atomic mass is 9.87. The summed E-state index contributed by atoms with van der Waals surface area (Å²) in [5.41, 5.74) is 0.750. The van der Waals surface area contributed by atoms with Gasteiger partial charge in [0.2, 0.25) is 0 Å². The molecule has 0 spiro atoms. The summed E-state index contributed by atoms with van der Waals surface area (Å²) in [4.78, 5) is 14.8. The Labute approximate surface area is 129 Å². The van der Waals surface area contributed by atoms with Crippen LogP contribution in [-0.2, 0) is 0 Å². The number of fused-ring (bicyclic) bond motifs is 1. The second-order valence-corrected chi connectivity index (χ2v) is 7.59. The average molecular weight is 303 g/mol. The van der Waals surface area contributed by atoms with Crippen LogP contribution in [0.1, 0.15) is 37.0 Å². The van der Waals surface area contributed by atoms with Gasteiger partial charge in [-0.25, -0.2) is 0 Å². The van der Waals surface area contributed by atoms with E-state index in [1.54, 1.807) is 11.3 Å². The van der Waals surface area contributed by atoms with Gasteiger partial charge >= 0.3 is 0 Å². The summed E-state index contributed by atoms with van der Waals surface area (Å²) in [6.07, 6.45) is 1.11. The Morgan fingerprint density at radius 2 is 2.14 bits per heavy atom. The lowest BCUT2D eigenvalue weighted by Crippen LogP contribution is -2.37. The van der Waals surface area contributed by atoms with Gasteiger partial charge in [-0.1, -0.05) is 32.0 Å². The van der Waals surface area contributed by atoms with Crippen molar-refractivity contribution in [2.45, 2.75) is 32.8 Å². The fourth-order valence-electron chi connectivity index (χ4n) is 3.19. The summed E-state index contributed by atoms with van der Waals surface area (Å²) in [6, 6.07) is 8.03. The van der Waals surface area contributed by atoms with Gasteiger partial charge < -0.3 is 10.0 Å². The van der Waals surface area contributed by atoms with E-state index >= 15 is 0 Å². The largest absolute Gasteiger partial charge is 0.393 e. The van der Waals surface area contributed by atoms with Gasteiger partial charge in [0.15, 0.2) is 0 Å². The lowest BCUT2D eigenvalue weighted by molar-refractivity contribution is 0.0707. The predicted molar refractivity (Wildman–Crippen MR) is 86.8 cm³/mol. The molecule has 2 heterocycles. The number of aliphatic hydroxyl groups excluding tert-OH is 1. The van der Waals surface area contributed by atoms with Gasteiger partial charge in [-0.3, -0.25) is 4.79 Å². The molecule has 3 nitrogen and oxygen atoms in total. The first-order valence-corrected chi connectivity index (χ1v) is 8.28. The first kappa shape index (κ1) is 14.5. The summed E-state index contributed by atoms with van der Waals surface area (Å²) in [5.74, 6) is 0.0922. The van der Waals surface area contributed by atoms with Gasteiger partial charge in [0.1, 0.15) is 0 Å². The number of hydrogen-bond acceptors (Lipinski definition) is 3. The molecule has 1 aromatic carbocycles. The molecule has 1 aromatic heterocycles. The molecule has 0 bridgehead atoms. The van der Waals surface area contributed by atoms with Gasteiger partial charge in [0, 0.05) is 28.6 Å². The van der Waals surface area contributed by atoms with Crippen molar-refractivity contribution in [2.24, 2.45) is 5.41 Å². The Kier molecular flexibility index (Phi) is 3.76. The molecule has 2 aromatic rings. The Morgan fingerprint density at radius 1 is 1.38 bits per heavy atom. The molecule has 1 aliphatic rings. The minimum absolute atomic E-state index is 0.0442. The molecule has 1 aliphatic heterocycles. The molecular formula is C17H21NO2S. The highest BCUT2D eigenvalue weighted by atomic mass is 32.1.